The summed E-state index contributed by atoms with van der Waals surface area (Å²) in [5.41, 5.74) is 0. The maximum atomic E-state index is 12.8. The van der Waals surface area contributed by atoms with Gasteiger partial charge in [-0.2, -0.15) is 4.31 Å². The highest BCUT2D eigenvalue weighted by molar-refractivity contribution is 9.10. The third kappa shape index (κ3) is 3.15. The van der Waals surface area contributed by atoms with Crippen molar-refractivity contribution in [2.24, 2.45) is 0 Å². The van der Waals surface area contributed by atoms with E-state index in [0.717, 1.165) is 30.2 Å². The van der Waals surface area contributed by atoms with E-state index in [4.69, 9.17) is 11.6 Å². The predicted molar refractivity (Wildman–Crippen MR) is 81.0 cm³/mol. The van der Waals surface area contributed by atoms with Crippen molar-refractivity contribution in [1.82, 2.24) is 4.31 Å². The van der Waals surface area contributed by atoms with E-state index in [0.29, 0.717) is 6.54 Å². The summed E-state index contributed by atoms with van der Waals surface area (Å²) in [4.78, 5) is 0.198. The van der Waals surface area contributed by atoms with Gasteiger partial charge in [0.05, 0.1) is 5.02 Å². The number of sulfonamides is 1. The lowest BCUT2D eigenvalue weighted by Crippen LogP contribution is -2.43. The fourth-order valence-corrected chi connectivity index (χ4v) is 5.28. The van der Waals surface area contributed by atoms with Crippen LogP contribution in [0, 0.1) is 0 Å². The largest absolute Gasteiger partial charge is 0.244 e. The molecule has 1 aliphatic heterocycles. The average Bonchev–Trinajstić information content (AvgIpc) is 2.41. The van der Waals surface area contributed by atoms with Crippen molar-refractivity contribution in [3.63, 3.8) is 0 Å². The molecule has 1 aromatic rings. The summed E-state index contributed by atoms with van der Waals surface area (Å²) in [6.45, 7) is 2.62. The molecule has 0 amide bonds. The first kappa shape index (κ1) is 15.3. The fourth-order valence-electron chi connectivity index (χ4n) is 2.50. The molecule has 0 radical (unpaired) electrons. The van der Waals surface area contributed by atoms with E-state index in [1.54, 1.807) is 22.5 Å². The summed E-state index contributed by atoms with van der Waals surface area (Å²) in [6.07, 6.45) is 3.78. The van der Waals surface area contributed by atoms with Crippen LogP contribution in [0.2, 0.25) is 5.02 Å². The van der Waals surface area contributed by atoms with Crippen molar-refractivity contribution in [2.75, 3.05) is 6.54 Å². The molecule has 6 heteroatoms. The van der Waals surface area contributed by atoms with Crippen molar-refractivity contribution in [3.8, 4) is 0 Å². The lowest BCUT2D eigenvalue weighted by atomic mass is 10.0. The van der Waals surface area contributed by atoms with Crippen molar-refractivity contribution < 1.29 is 8.42 Å². The predicted octanol–water partition coefficient (Wildman–Crippen LogP) is 4.06. The lowest BCUT2D eigenvalue weighted by Gasteiger charge is -2.34. The Hall–Kier alpha value is -0.100. The molecule has 0 spiro atoms. The van der Waals surface area contributed by atoms with Crippen LogP contribution in [0.25, 0.3) is 0 Å². The van der Waals surface area contributed by atoms with E-state index in [1.807, 2.05) is 6.92 Å². The fraction of sp³-hybridized carbons (Fsp3) is 0.538. The summed E-state index contributed by atoms with van der Waals surface area (Å²) in [5.74, 6) is 0. The summed E-state index contributed by atoms with van der Waals surface area (Å²) in [6, 6.07) is 5.03. The Morgan fingerprint density at radius 3 is 2.84 bits per heavy atom. The molecule has 19 heavy (non-hydrogen) atoms. The Labute approximate surface area is 128 Å². The van der Waals surface area contributed by atoms with Gasteiger partial charge in [-0.05, 0) is 37.5 Å². The average molecular weight is 367 g/mol. The van der Waals surface area contributed by atoms with Crippen molar-refractivity contribution in [2.45, 2.75) is 43.5 Å². The molecule has 0 N–H and O–H groups in total. The number of benzene rings is 1. The third-order valence-electron chi connectivity index (χ3n) is 3.52. The first-order chi connectivity index (χ1) is 8.96. The second kappa shape index (κ2) is 6.12. The minimum atomic E-state index is -3.51. The Morgan fingerprint density at radius 2 is 2.16 bits per heavy atom. The molecular formula is C13H17BrClNO2S. The second-order valence-corrected chi connectivity index (χ2v) is 7.93. The zero-order valence-electron chi connectivity index (χ0n) is 10.8. The van der Waals surface area contributed by atoms with E-state index >= 15 is 0 Å². The molecule has 0 saturated carbocycles. The Bertz CT molecular complexity index is 562. The first-order valence-corrected chi connectivity index (χ1v) is 9.05. The Morgan fingerprint density at radius 1 is 1.42 bits per heavy atom. The summed E-state index contributed by atoms with van der Waals surface area (Å²) >= 11 is 9.37. The van der Waals surface area contributed by atoms with Gasteiger partial charge in [0.2, 0.25) is 10.0 Å². The quantitative estimate of drug-likeness (QED) is 0.809. The highest BCUT2D eigenvalue weighted by Gasteiger charge is 2.33. The number of hydrogen-bond donors (Lipinski definition) is 0. The minimum absolute atomic E-state index is 0.0915. The summed E-state index contributed by atoms with van der Waals surface area (Å²) < 4.78 is 27.8. The maximum Gasteiger partial charge on any atom is 0.244 e. The van der Waals surface area contributed by atoms with E-state index in [2.05, 4.69) is 15.9 Å². The molecule has 2 rings (SSSR count). The van der Waals surface area contributed by atoms with Crippen LogP contribution in [0.3, 0.4) is 0 Å². The normalized spacial score (nSPS) is 21.5. The Kier molecular flexibility index (Phi) is 4.93. The molecule has 0 aromatic heterocycles. The highest BCUT2D eigenvalue weighted by atomic mass is 79.9. The van der Waals surface area contributed by atoms with Crippen LogP contribution in [0.4, 0.5) is 0 Å². The topological polar surface area (TPSA) is 37.4 Å². The van der Waals surface area contributed by atoms with E-state index in [-0.39, 0.29) is 16.0 Å². The van der Waals surface area contributed by atoms with E-state index < -0.39 is 10.0 Å². The van der Waals surface area contributed by atoms with Gasteiger partial charge in [-0.25, -0.2) is 8.42 Å². The smallest absolute Gasteiger partial charge is 0.207 e. The number of piperidine rings is 1. The van der Waals surface area contributed by atoms with Gasteiger partial charge >= 0.3 is 0 Å². The van der Waals surface area contributed by atoms with Gasteiger partial charge in [0.25, 0.3) is 0 Å². The zero-order valence-corrected chi connectivity index (χ0v) is 13.9. The lowest BCUT2D eigenvalue weighted by molar-refractivity contribution is 0.246. The van der Waals surface area contributed by atoms with Crippen LogP contribution < -0.4 is 0 Å². The number of halogens is 2. The number of nitrogens with zero attached hydrogens (tertiary/aromatic N) is 1. The van der Waals surface area contributed by atoms with Gasteiger partial charge in [0.1, 0.15) is 4.90 Å². The molecule has 3 nitrogen and oxygen atoms in total. The van der Waals surface area contributed by atoms with Crippen LogP contribution in [0.15, 0.2) is 27.6 Å². The molecule has 0 aliphatic carbocycles. The van der Waals surface area contributed by atoms with Crippen molar-refractivity contribution in [1.29, 1.82) is 0 Å². The molecular weight excluding hydrogens is 350 g/mol. The minimum Gasteiger partial charge on any atom is -0.207 e. The molecule has 106 valence electrons. The van der Waals surface area contributed by atoms with Crippen LogP contribution >= 0.6 is 27.5 Å². The van der Waals surface area contributed by atoms with Gasteiger partial charge < -0.3 is 0 Å². The van der Waals surface area contributed by atoms with Crippen LogP contribution in [0.1, 0.15) is 32.6 Å². The van der Waals surface area contributed by atoms with Gasteiger partial charge in [0, 0.05) is 17.1 Å². The third-order valence-corrected chi connectivity index (χ3v) is 6.45. The van der Waals surface area contributed by atoms with E-state index in [9.17, 15) is 8.42 Å². The van der Waals surface area contributed by atoms with Crippen molar-refractivity contribution in [3.05, 3.63) is 27.7 Å². The molecule has 1 saturated heterocycles. The van der Waals surface area contributed by atoms with Gasteiger partial charge in [0.15, 0.2) is 0 Å². The van der Waals surface area contributed by atoms with Crippen LogP contribution in [-0.2, 0) is 10.0 Å². The molecule has 1 heterocycles. The first-order valence-electron chi connectivity index (χ1n) is 6.43. The summed E-state index contributed by atoms with van der Waals surface area (Å²) in [5, 5.41) is 0.281. The van der Waals surface area contributed by atoms with Crippen molar-refractivity contribution >= 4 is 37.6 Å². The molecule has 1 fully saturated rings. The highest BCUT2D eigenvalue weighted by Crippen LogP contribution is 2.32. The molecule has 1 aliphatic rings. The Balaban J connectivity index is 2.43. The van der Waals surface area contributed by atoms with E-state index in [1.165, 1.54) is 0 Å². The number of rotatable bonds is 3. The monoisotopic (exact) mass is 365 g/mol. The van der Waals surface area contributed by atoms with Gasteiger partial charge in [-0.1, -0.05) is 40.9 Å². The SMILES string of the molecule is CC[C@H]1CCCCN1S(=O)(=O)c1cc(Br)ccc1Cl. The number of hydrogen-bond acceptors (Lipinski definition) is 2. The second-order valence-electron chi connectivity index (χ2n) is 4.75. The molecule has 0 unspecified atom stereocenters. The van der Waals surface area contributed by atoms with Crippen LogP contribution in [-0.4, -0.2) is 25.3 Å². The van der Waals surface area contributed by atoms with Gasteiger partial charge in [-0.15, -0.1) is 0 Å². The summed E-state index contributed by atoms with van der Waals surface area (Å²) in [7, 11) is -3.51. The maximum absolute atomic E-state index is 12.8. The zero-order chi connectivity index (χ0) is 14.0. The molecule has 0 bridgehead atoms. The van der Waals surface area contributed by atoms with Gasteiger partial charge in [-0.3, -0.25) is 0 Å². The molecule has 1 aromatic carbocycles. The van der Waals surface area contributed by atoms with Crippen LogP contribution in [0.5, 0.6) is 0 Å². The molecule has 1 atom stereocenters. The standard InChI is InChI=1S/C13H17BrClNO2S/c1-2-11-5-3-4-8-16(11)19(17,18)13-9-10(14)6-7-12(13)15/h6-7,9,11H,2-5,8H2,1H3/t11-/m0/s1.